The number of rotatable bonds is 2. The molecule has 0 unspecified atom stereocenters. The molecule has 2 heteroatoms. The summed E-state index contributed by atoms with van der Waals surface area (Å²) in [5.74, 6) is 1.14. The molecule has 102 valence electrons. The standard InChI is InChI=1S/C18H18O2/c1-11-9-12(2)18(17(10-11)20-3)15-6-4-5-14-13(15)7-8-16(14)19/h4-6,9-10H,7-8H2,1-3H3. The zero-order chi connectivity index (χ0) is 14.3. The average Bonchev–Trinajstić information content (AvgIpc) is 2.80. The Morgan fingerprint density at radius 1 is 1.05 bits per heavy atom. The minimum atomic E-state index is 0.255. The van der Waals surface area contributed by atoms with E-state index < -0.39 is 0 Å². The fraction of sp³-hybridized carbons (Fsp3) is 0.278. The molecule has 0 amide bonds. The second-order valence-corrected chi connectivity index (χ2v) is 5.41. The first-order valence-electron chi connectivity index (χ1n) is 6.92. The van der Waals surface area contributed by atoms with Crippen molar-refractivity contribution in [2.75, 3.05) is 7.11 Å². The highest BCUT2D eigenvalue weighted by atomic mass is 16.5. The molecule has 2 aromatic carbocycles. The SMILES string of the molecule is COc1cc(C)cc(C)c1-c1cccc2c1CCC2=O. The highest BCUT2D eigenvalue weighted by Crippen LogP contribution is 2.39. The quantitative estimate of drug-likeness (QED) is 0.817. The predicted molar refractivity (Wildman–Crippen MR) is 80.6 cm³/mol. The van der Waals surface area contributed by atoms with Crippen molar-refractivity contribution in [1.29, 1.82) is 0 Å². The zero-order valence-electron chi connectivity index (χ0n) is 12.1. The normalized spacial score (nSPS) is 13.4. The largest absolute Gasteiger partial charge is 0.496 e. The van der Waals surface area contributed by atoms with Crippen molar-refractivity contribution in [2.45, 2.75) is 26.7 Å². The van der Waals surface area contributed by atoms with Crippen LogP contribution in [0.5, 0.6) is 5.75 Å². The van der Waals surface area contributed by atoms with E-state index in [4.69, 9.17) is 4.74 Å². The number of benzene rings is 2. The third-order valence-electron chi connectivity index (χ3n) is 4.01. The van der Waals surface area contributed by atoms with E-state index in [0.717, 1.165) is 28.9 Å². The Balaban J connectivity index is 2.28. The van der Waals surface area contributed by atoms with E-state index in [-0.39, 0.29) is 5.78 Å². The second kappa shape index (κ2) is 4.78. The van der Waals surface area contributed by atoms with Gasteiger partial charge in [-0.1, -0.05) is 24.3 Å². The molecule has 3 rings (SSSR count). The van der Waals surface area contributed by atoms with E-state index >= 15 is 0 Å². The molecule has 0 N–H and O–H groups in total. The summed E-state index contributed by atoms with van der Waals surface area (Å²) >= 11 is 0. The van der Waals surface area contributed by atoms with E-state index in [1.165, 1.54) is 16.7 Å². The van der Waals surface area contributed by atoms with E-state index in [0.29, 0.717) is 6.42 Å². The summed E-state index contributed by atoms with van der Waals surface area (Å²) in [6.07, 6.45) is 1.46. The van der Waals surface area contributed by atoms with Gasteiger partial charge in [-0.15, -0.1) is 0 Å². The van der Waals surface area contributed by atoms with Crippen LogP contribution in [0.3, 0.4) is 0 Å². The molecule has 0 spiro atoms. The predicted octanol–water partition coefficient (Wildman–Crippen LogP) is 4.11. The fourth-order valence-electron chi connectivity index (χ4n) is 3.16. The lowest BCUT2D eigenvalue weighted by atomic mass is 9.92. The van der Waals surface area contributed by atoms with Gasteiger partial charge in [0.25, 0.3) is 0 Å². The molecule has 0 saturated heterocycles. The molecule has 1 aliphatic carbocycles. The summed E-state index contributed by atoms with van der Waals surface area (Å²) in [6, 6.07) is 10.2. The van der Waals surface area contributed by atoms with Crippen molar-refractivity contribution in [2.24, 2.45) is 0 Å². The van der Waals surface area contributed by atoms with Gasteiger partial charge < -0.3 is 4.74 Å². The third kappa shape index (κ3) is 1.92. The molecule has 0 aliphatic heterocycles. The second-order valence-electron chi connectivity index (χ2n) is 5.41. The molecule has 2 nitrogen and oxygen atoms in total. The van der Waals surface area contributed by atoms with E-state index in [2.05, 4.69) is 32.0 Å². The Kier molecular flexibility index (Phi) is 3.09. The number of Topliss-reactive ketones (excluding diaryl/α,β-unsaturated/α-hetero) is 1. The maximum atomic E-state index is 11.9. The van der Waals surface area contributed by atoms with Crippen LogP contribution in [0, 0.1) is 13.8 Å². The minimum Gasteiger partial charge on any atom is -0.496 e. The molecular weight excluding hydrogens is 248 g/mol. The molecule has 0 bridgehead atoms. The van der Waals surface area contributed by atoms with Gasteiger partial charge in [-0.2, -0.15) is 0 Å². The molecule has 0 atom stereocenters. The van der Waals surface area contributed by atoms with Gasteiger partial charge in [0.2, 0.25) is 0 Å². The molecule has 0 saturated carbocycles. The Morgan fingerprint density at radius 2 is 1.80 bits per heavy atom. The van der Waals surface area contributed by atoms with Gasteiger partial charge in [-0.3, -0.25) is 4.79 Å². The number of methoxy groups -OCH3 is 1. The fourth-order valence-corrected chi connectivity index (χ4v) is 3.16. The third-order valence-corrected chi connectivity index (χ3v) is 4.01. The molecule has 0 aromatic heterocycles. The molecule has 2 aromatic rings. The van der Waals surface area contributed by atoms with Crippen molar-refractivity contribution in [3.05, 3.63) is 52.6 Å². The average molecular weight is 266 g/mol. The lowest BCUT2D eigenvalue weighted by Crippen LogP contribution is -1.97. The molecular formula is C18H18O2. The number of aryl methyl sites for hydroxylation is 2. The first-order chi connectivity index (χ1) is 9.61. The Bertz CT molecular complexity index is 699. The highest BCUT2D eigenvalue weighted by Gasteiger charge is 2.24. The zero-order valence-corrected chi connectivity index (χ0v) is 12.1. The van der Waals surface area contributed by atoms with Gasteiger partial charge in [0.1, 0.15) is 5.75 Å². The van der Waals surface area contributed by atoms with Crippen LogP contribution in [0.15, 0.2) is 30.3 Å². The van der Waals surface area contributed by atoms with Crippen molar-refractivity contribution in [1.82, 2.24) is 0 Å². The molecule has 0 fully saturated rings. The topological polar surface area (TPSA) is 26.3 Å². The number of carbonyl (C=O) groups is 1. The van der Waals surface area contributed by atoms with Crippen LogP contribution in [0.25, 0.3) is 11.1 Å². The maximum Gasteiger partial charge on any atom is 0.163 e. The molecule has 0 radical (unpaired) electrons. The van der Waals surface area contributed by atoms with Crippen LogP contribution in [0.2, 0.25) is 0 Å². The van der Waals surface area contributed by atoms with Gasteiger partial charge in [0.15, 0.2) is 5.78 Å². The summed E-state index contributed by atoms with van der Waals surface area (Å²) < 4.78 is 5.56. The lowest BCUT2D eigenvalue weighted by molar-refractivity contribution is 0.0994. The van der Waals surface area contributed by atoms with Gasteiger partial charge in [-0.05, 0) is 48.6 Å². The van der Waals surface area contributed by atoms with Crippen molar-refractivity contribution < 1.29 is 9.53 Å². The van der Waals surface area contributed by atoms with Gasteiger partial charge in [0, 0.05) is 17.5 Å². The molecule has 20 heavy (non-hydrogen) atoms. The maximum absolute atomic E-state index is 11.9. The van der Waals surface area contributed by atoms with E-state index in [1.807, 2.05) is 12.1 Å². The first kappa shape index (κ1) is 12.9. The monoisotopic (exact) mass is 266 g/mol. The van der Waals surface area contributed by atoms with Crippen LogP contribution in [-0.2, 0) is 6.42 Å². The smallest absolute Gasteiger partial charge is 0.163 e. The van der Waals surface area contributed by atoms with Crippen molar-refractivity contribution in [3.63, 3.8) is 0 Å². The van der Waals surface area contributed by atoms with Gasteiger partial charge >= 0.3 is 0 Å². The number of hydrogen-bond acceptors (Lipinski definition) is 2. The van der Waals surface area contributed by atoms with Crippen LogP contribution >= 0.6 is 0 Å². The summed E-state index contributed by atoms with van der Waals surface area (Å²) in [7, 11) is 1.70. The van der Waals surface area contributed by atoms with Crippen molar-refractivity contribution >= 4 is 5.78 Å². The Hall–Kier alpha value is -2.09. The number of hydrogen-bond donors (Lipinski definition) is 0. The summed E-state index contributed by atoms with van der Waals surface area (Å²) in [4.78, 5) is 11.9. The van der Waals surface area contributed by atoms with Crippen LogP contribution < -0.4 is 4.74 Å². The number of carbonyl (C=O) groups excluding carboxylic acids is 1. The van der Waals surface area contributed by atoms with Crippen LogP contribution in [0.4, 0.5) is 0 Å². The van der Waals surface area contributed by atoms with Gasteiger partial charge in [-0.25, -0.2) is 0 Å². The first-order valence-corrected chi connectivity index (χ1v) is 6.92. The van der Waals surface area contributed by atoms with Gasteiger partial charge in [0.05, 0.1) is 7.11 Å². The molecule has 1 aliphatic rings. The lowest BCUT2D eigenvalue weighted by Gasteiger charge is -2.16. The van der Waals surface area contributed by atoms with E-state index in [1.54, 1.807) is 7.11 Å². The number of ketones is 1. The Labute approximate surface area is 119 Å². The van der Waals surface area contributed by atoms with E-state index in [9.17, 15) is 4.79 Å². The minimum absolute atomic E-state index is 0.255. The summed E-state index contributed by atoms with van der Waals surface area (Å²) in [5, 5.41) is 0. The number of ether oxygens (including phenoxy) is 1. The van der Waals surface area contributed by atoms with Crippen LogP contribution in [0.1, 0.15) is 33.5 Å². The van der Waals surface area contributed by atoms with Crippen LogP contribution in [-0.4, -0.2) is 12.9 Å². The highest BCUT2D eigenvalue weighted by molar-refractivity contribution is 6.02. The molecule has 0 heterocycles. The Morgan fingerprint density at radius 3 is 2.55 bits per heavy atom. The number of fused-ring (bicyclic) bond motifs is 1. The summed E-state index contributed by atoms with van der Waals surface area (Å²) in [5.41, 5.74) is 6.68. The summed E-state index contributed by atoms with van der Waals surface area (Å²) in [6.45, 7) is 4.17. The van der Waals surface area contributed by atoms with Crippen molar-refractivity contribution in [3.8, 4) is 16.9 Å².